The molecule has 0 bridgehead atoms. The minimum Gasteiger partial charge on any atom is -0.462 e. The van der Waals surface area contributed by atoms with E-state index in [1.807, 2.05) is 0 Å². The lowest BCUT2D eigenvalue weighted by molar-refractivity contribution is -0.139. The standard InChI is InChI=1S/C20H38O6Si2/c1-17(2)19(21)23-11-9-15-27(5,6)25-13-14-26-28(7,8)16-10-12-24-20(22)18(3)4/h1,3,9-16H2,2,4-8H3. The average Bonchev–Trinajstić information content (AvgIpc) is 2.59. The topological polar surface area (TPSA) is 71.1 Å². The molecule has 0 unspecified atom stereocenters. The molecule has 0 aliphatic heterocycles. The monoisotopic (exact) mass is 430 g/mol. The van der Waals surface area contributed by atoms with Gasteiger partial charge in [-0.05, 0) is 65.0 Å². The van der Waals surface area contributed by atoms with E-state index in [2.05, 4.69) is 39.3 Å². The van der Waals surface area contributed by atoms with Gasteiger partial charge in [-0.3, -0.25) is 0 Å². The van der Waals surface area contributed by atoms with Crippen molar-refractivity contribution < 1.29 is 27.9 Å². The number of carbonyl (C=O) groups is 2. The summed E-state index contributed by atoms with van der Waals surface area (Å²) in [5.41, 5.74) is 0.844. The average molecular weight is 431 g/mol. The van der Waals surface area contributed by atoms with Gasteiger partial charge in [0.1, 0.15) is 0 Å². The first-order chi connectivity index (χ1) is 12.9. The summed E-state index contributed by atoms with van der Waals surface area (Å²) in [5, 5.41) is 0. The van der Waals surface area contributed by atoms with E-state index in [0.29, 0.717) is 37.6 Å². The normalized spacial score (nSPS) is 11.8. The van der Waals surface area contributed by atoms with Crippen molar-refractivity contribution in [2.24, 2.45) is 0 Å². The Bertz CT molecular complexity index is 495. The Balaban J connectivity index is 3.91. The predicted molar refractivity (Wildman–Crippen MR) is 117 cm³/mol. The fourth-order valence-electron chi connectivity index (χ4n) is 2.35. The van der Waals surface area contributed by atoms with Crippen LogP contribution in [0, 0.1) is 0 Å². The minimum absolute atomic E-state index is 0.338. The summed E-state index contributed by atoms with van der Waals surface area (Å²) >= 11 is 0. The second kappa shape index (κ2) is 13.1. The number of ether oxygens (including phenoxy) is 2. The van der Waals surface area contributed by atoms with Gasteiger partial charge in [0.05, 0.1) is 26.4 Å². The van der Waals surface area contributed by atoms with E-state index in [1.54, 1.807) is 13.8 Å². The van der Waals surface area contributed by atoms with Crippen molar-refractivity contribution in [1.82, 2.24) is 0 Å². The molecule has 0 aromatic rings. The largest absolute Gasteiger partial charge is 0.462 e. The molecule has 0 spiro atoms. The summed E-state index contributed by atoms with van der Waals surface area (Å²) < 4.78 is 22.4. The van der Waals surface area contributed by atoms with Crippen molar-refractivity contribution in [1.29, 1.82) is 0 Å². The maximum Gasteiger partial charge on any atom is 0.333 e. The Labute approximate surface area is 172 Å². The van der Waals surface area contributed by atoms with Crippen molar-refractivity contribution in [3.63, 3.8) is 0 Å². The molecule has 28 heavy (non-hydrogen) atoms. The highest BCUT2D eigenvalue weighted by Crippen LogP contribution is 2.16. The zero-order valence-electron chi connectivity index (χ0n) is 18.5. The van der Waals surface area contributed by atoms with Crippen LogP contribution in [0.4, 0.5) is 0 Å². The van der Waals surface area contributed by atoms with E-state index >= 15 is 0 Å². The third kappa shape index (κ3) is 13.9. The van der Waals surface area contributed by atoms with Gasteiger partial charge in [-0.25, -0.2) is 9.59 Å². The summed E-state index contributed by atoms with van der Waals surface area (Å²) in [6.07, 6.45) is 1.59. The van der Waals surface area contributed by atoms with E-state index in [4.69, 9.17) is 18.3 Å². The zero-order valence-corrected chi connectivity index (χ0v) is 20.5. The van der Waals surface area contributed by atoms with Gasteiger partial charge in [-0.1, -0.05) is 13.2 Å². The molecule has 0 radical (unpaired) electrons. The molecule has 0 saturated heterocycles. The van der Waals surface area contributed by atoms with Crippen molar-refractivity contribution in [2.75, 3.05) is 26.4 Å². The zero-order chi connectivity index (χ0) is 21.8. The molecule has 0 amide bonds. The molecule has 0 rings (SSSR count). The fraction of sp³-hybridized carbons (Fsp3) is 0.700. The van der Waals surface area contributed by atoms with E-state index in [0.717, 1.165) is 24.9 Å². The van der Waals surface area contributed by atoms with Crippen LogP contribution in [0.25, 0.3) is 0 Å². The fourth-order valence-corrected chi connectivity index (χ4v) is 5.90. The second-order valence-electron chi connectivity index (χ2n) is 8.26. The van der Waals surface area contributed by atoms with E-state index in [1.165, 1.54) is 0 Å². The van der Waals surface area contributed by atoms with Crippen molar-refractivity contribution in [2.45, 2.75) is 65.0 Å². The van der Waals surface area contributed by atoms with Gasteiger partial charge in [0.15, 0.2) is 16.6 Å². The summed E-state index contributed by atoms with van der Waals surface area (Å²) in [5.74, 6) is -0.675. The summed E-state index contributed by atoms with van der Waals surface area (Å²) in [4.78, 5) is 22.7. The van der Waals surface area contributed by atoms with E-state index < -0.39 is 16.6 Å². The van der Waals surface area contributed by atoms with Crippen LogP contribution in [0.3, 0.4) is 0 Å². The van der Waals surface area contributed by atoms with Crippen LogP contribution < -0.4 is 0 Å². The molecule has 0 heterocycles. The van der Waals surface area contributed by atoms with E-state index in [9.17, 15) is 9.59 Å². The molecule has 0 aliphatic carbocycles. The van der Waals surface area contributed by atoms with Crippen LogP contribution in [-0.4, -0.2) is 55.0 Å². The molecule has 0 aliphatic rings. The van der Waals surface area contributed by atoms with Crippen LogP contribution in [0.5, 0.6) is 0 Å². The number of rotatable bonds is 15. The number of carbonyl (C=O) groups excluding carboxylic acids is 2. The molecule has 0 fully saturated rings. The van der Waals surface area contributed by atoms with Crippen LogP contribution in [0.15, 0.2) is 24.3 Å². The lowest BCUT2D eigenvalue weighted by Crippen LogP contribution is -2.36. The highest BCUT2D eigenvalue weighted by atomic mass is 28.4. The summed E-state index contributed by atoms with van der Waals surface area (Å²) in [7, 11) is -3.59. The second-order valence-corrected chi connectivity index (χ2v) is 16.9. The molecular formula is C20H38O6Si2. The summed E-state index contributed by atoms with van der Waals surface area (Å²) in [6.45, 7) is 21.0. The SMILES string of the molecule is C=C(C)C(=O)OCCC[Si](C)(C)OCCO[Si](C)(C)CCCOC(=O)C(=C)C. The highest BCUT2D eigenvalue weighted by Gasteiger charge is 2.25. The lowest BCUT2D eigenvalue weighted by Gasteiger charge is -2.26. The summed E-state index contributed by atoms with van der Waals surface area (Å²) in [6, 6.07) is 1.84. The van der Waals surface area contributed by atoms with Gasteiger partial charge in [0.2, 0.25) is 0 Å². The number of hydrogen-bond acceptors (Lipinski definition) is 6. The van der Waals surface area contributed by atoms with Gasteiger partial charge in [0, 0.05) is 11.1 Å². The Morgan fingerprint density at radius 1 is 0.679 bits per heavy atom. The number of hydrogen-bond donors (Lipinski definition) is 0. The third-order valence-corrected chi connectivity index (χ3v) is 9.17. The quantitative estimate of drug-likeness (QED) is 0.165. The minimum atomic E-state index is -1.80. The predicted octanol–water partition coefficient (Wildman–Crippen LogP) is 4.45. The van der Waals surface area contributed by atoms with Crippen molar-refractivity contribution >= 4 is 28.6 Å². The Morgan fingerprint density at radius 3 is 1.29 bits per heavy atom. The number of esters is 2. The molecule has 0 atom stereocenters. The molecule has 0 saturated carbocycles. The molecule has 0 aromatic heterocycles. The Kier molecular flexibility index (Phi) is 12.5. The van der Waals surface area contributed by atoms with Crippen LogP contribution in [-0.2, 0) is 27.9 Å². The highest BCUT2D eigenvalue weighted by molar-refractivity contribution is 6.71. The van der Waals surface area contributed by atoms with Gasteiger partial charge in [-0.2, -0.15) is 0 Å². The lowest BCUT2D eigenvalue weighted by atomic mass is 10.4. The van der Waals surface area contributed by atoms with Crippen molar-refractivity contribution in [3.05, 3.63) is 24.3 Å². The molecule has 0 aromatic carbocycles. The van der Waals surface area contributed by atoms with Crippen molar-refractivity contribution in [3.8, 4) is 0 Å². The first-order valence-corrected chi connectivity index (χ1v) is 16.0. The Morgan fingerprint density at radius 2 is 1.00 bits per heavy atom. The van der Waals surface area contributed by atoms with Crippen LogP contribution in [0.1, 0.15) is 26.7 Å². The van der Waals surface area contributed by atoms with Crippen LogP contribution >= 0.6 is 0 Å². The molecule has 8 heteroatoms. The van der Waals surface area contributed by atoms with Gasteiger partial charge < -0.3 is 18.3 Å². The molecule has 6 nitrogen and oxygen atoms in total. The first kappa shape index (κ1) is 26.8. The van der Waals surface area contributed by atoms with Gasteiger partial charge in [-0.15, -0.1) is 0 Å². The van der Waals surface area contributed by atoms with E-state index in [-0.39, 0.29) is 11.9 Å². The molecule has 162 valence electrons. The van der Waals surface area contributed by atoms with Gasteiger partial charge >= 0.3 is 11.9 Å². The maximum atomic E-state index is 11.3. The smallest absolute Gasteiger partial charge is 0.333 e. The molecule has 0 N–H and O–H groups in total. The first-order valence-electron chi connectivity index (χ1n) is 9.79. The third-order valence-electron chi connectivity index (χ3n) is 4.08. The maximum absolute atomic E-state index is 11.3. The molecular weight excluding hydrogens is 392 g/mol. The van der Waals surface area contributed by atoms with Gasteiger partial charge in [0.25, 0.3) is 0 Å². The van der Waals surface area contributed by atoms with Crippen LogP contribution in [0.2, 0.25) is 38.3 Å². The Hall–Kier alpha value is -1.23.